The Bertz CT molecular complexity index is 334. The van der Waals surface area contributed by atoms with Crippen molar-refractivity contribution in [2.75, 3.05) is 0 Å². The van der Waals surface area contributed by atoms with Crippen LogP contribution in [0.5, 0.6) is 5.75 Å². The fraction of sp³-hybridized carbons (Fsp3) is 0.125. The summed E-state index contributed by atoms with van der Waals surface area (Å²) in [6.45, 7) is 1.81. The van der Waals surface area contributed by atoms with E-state index in [1.165, 1.54) is 0 Å². The van der Waals surface area contributed by atoms with Gasteiger partial charge in [-0.05, 0) is 63.7 Å². The van der Waals surface area contributed by atoms with Crippen LogP contribution in [0.1, 0.15) is 15.9 Å². The molecule has 0 saturated carbocycles. The maximum absolute atomic E-state index is 10.6. The Balaban J connectivity index is 3.51. The number of benzene rings is 1. The zero-order valence-corrected chi connectivity index (χ0v) is 10.6. The molecule has 1 aromatic rings. The predicted molar refractivity (Wildman–Crippen MR) is 63.7 cm³/mol. The quantitative estimate of drug-likeness (QED) is 0.594. The minimum Gasteiger partial charge on any atom is -0.507 e. The van der Waals surface area contributed by atoms with Gasteiger partial charge in [-0.1, -0.05) is 0 Å². The van der Waals surface area contributed by atoms with E-state index < -0.39 is 0 Å². The molecule has 0 amide bonds. The summed E-state index contributed by atoms with van der Waals surface area (Å²) in [6, 6.07) is 1.79. The van der Waals surface area contributed by atoms with Crippen LogP contribution in [0.3, 0.4) is 0 Å². The van der Waals surface area contributed by atoms with Crippen LogP contribution in [0, 0.1) is 14.1 Å². The van der Waals surface area contributed by atoms with Crippen molar-refractivity contribution in [1.82, 2.24) is 0 Å². The highest BCUT2D eigenvalue weighted by molar-refractivity contribution is 14.1. The average molecular weight is 388 g/mol. The number of phenolic OH excluding ortho intramolecular Hbond substituents is 1. The van der Waals surface area contributed by atoms with E-state index >= 15 is 0 Å². The van der Waals surface area contributed by atoms with Gasteiger partial charge >= 0.3 is 0 Å². The lowest BCUT2D eigenvalue weighted by Gasteiger charge is -2.05. The largest absolute Gasteiger partial charge is 0.507 e. The lowest BCUT2D eigenvalue weighted by atomic mass is 10.1. The Morgan fingerprint density at radius 1 is 1.50 bits per heavy atom. The van der Waals surface area contributed by atoms with E-state index in [2.05, 4.69) is 22.6 Å². The lowest BCUT2D eigenvalue weighted by Crippen LogP contribution is -1.93. The first-order valence-electron chi connectivity index (χ1n) is 3.20. The lowest BCUT2D eigenvalue weighted by molar-refractivity contribution is 0.112. The molecule has 0 saturated heterocycles. The first-order chi connectivity index (χ1) is 5.57. The summed E-state index contributed by atoms with van der Waals surface area (Å²) in [7, 11) is 0. The first-order valence-corrected chi connectivity index (χ1v) is 5.36. The highest BCUT2D eigenvalue weighted by atomic mass is 127. The van der Waals surface area contributed by atoms with Gasteiger partial charge in [0.1, 0.15) is 5.75 Å². The van der Waals surface area contributed by atoms with Crippen molar-refractivity contribution in [3.8, 4) is 5.75 Å². The molecular weight excluding hydrogens is 382 g/mol. The number of carbonyl (C=O) groups excluding carboxylic acids is 1. The van der Waals surface area contributed by atoms with Crippen LogP contribution in [0.25, 0.3) is 0 Å². The van der Waals surface area contributed by atoms with Gasteiger partial charge in [0.15, 0.2) is 6.29 Å². The fourth-order valence-electron chi connectivity index (χ4n) is 0.850. The van der Waals surface area contributed by atoms with Crippen molar-refractivity contribution in [3.05, 3.63) is 24.3 Å². The number of aryl methyl sites for hydroxylation is 1. The van der Waals surface area contributed by atoms with Crippen molar-refractivity contribution in [1.29, 1.82) is 0 Å². The van der Waals surface area contributed by atoms with Crippen LogP contribution < -0.4 is 0 Å². The molecule has 2 nitrogen and oxygen atoms in total. The molecule has 0 unspecified atom stereocenters. The van der Waals surface area contributed by atoms with E-state index in [4.69, 9.17) is 0 Å². The molecule has 1 rings (SSSR count). The second-order valence-electron chi connectivity index (χ2n) is 2.37. The third kappa shape index (κ3) is 1.73. The third-order valence-electron chi connectivity index (χ3n) is 1.54. The average Bonchev–Trinajstić information content (AvgIpc) is 2.01. The smallest absolute Gasteiger partial charge is 0.152 e. The number of hydrogen-bond acceptors (Lipinski definition) is 2. The normalized spacial score (nSPS) is 9.92. The van der Waals surface area contributed by atoms with E-state index in [0.717, 1.165) is 15.4 Å². The van der Waals surface area contributed by atoms with E-state index in [1.807, 2.05) is 29.5 Å². The molecule has 0 atom stereocenters. The molecule has 0 spiro atoms. The summed E-state index contributed by atoms with van der Waals surface area (Å²) in [5, 5.41) is 9.47. The molecule has 0 fully saturated rings. The van der Waals surface area contributed by atoms with Crippen LogP contribution in [0.2, 0.25) is 0 Å². The third-order valence-corrected chi connectivity index (χ3v) is 3.52. The van der Waals surface area contributed by atoms with E-state index in [9.17, 15) is 9.90 Å². The summed E-state index contributed by atoms with van der Waals surface area (Å²) in [6.07, 6.45) is 0.767. The summed E-state index contributed by atoms with van der Waals surface area (Å²) >= 11 is 4.05. The zero-order chi connectivity index (χ0) is 9.30. The van der Waals surface area contributed by atoms with Gasteiger partial charge < -0.3 is 5.11 Å². The monoisotopic (exact) mass is 388 g/mol. The number of rotatable bonds is 1. The zero-order valence-electron chi connectivity index (χ0n) is 6.27. The Hall–Kier alpha value is 0.150. The molecule has 4 heteroatoms. The van der Waals surface area contributed by atoms with Gasteiger partial charge in [-0.25, -0.2) is 0 Å². The number of phenols is 1. The molecule has 0 aliphatic heterocycles. The topological polar surface area (TPSA) is 37.3 Å². The van der Waals surface area contributed by atoms with Gasteiger partial charge in [0.05, 0.1) is 3.57 Å². The summed E-state index contributed by atoms with van der Waals surface area (Å²) in [5.41, 5.74) is 1.37. The van der Waals surface area contributed by atoms with E-state index in [-0.39, 0.29) is 5.75 Å². The number of halogens is 2. The van der Waals surface area contributed by atoms with Crippen LogP contribution in [0.4, 0.5) is 0 Å². The standard InChI is InChI=1S/C8H6I2O2/c1-4-2-6(9)5(3-11)7(10)8(4)12/h2-3,12H,1H3. The highest BCUT2D eigenvalue weighted by Gasteiger charge is 2.10. The predicted octanol–water partition coefficient (Wildman–Crippen LogP) is 2.72. The summed E-state index contributed by atoms with van der Waals surface area (Å²) < 4.78 is 1.51. The highest BCUT2D eigenvalue weighted by Crippen LogP contribution is 2.29. The molecule has 0 bridgehead atoms. The van der Waals surface area contributed by atoms with E-state index in [1.54, 1.807) is 6.07 Å². The molecule has 1 N–H and O–H groups in total. The van der Waals surface area contributed by atoms with Gasteiger partial charge in [0.2, 0.25) is 0 Å². The van der Waals surface area contributed by atoms with Gasteiger partial charge in [-0.2, -0.15) is 0 Å². The molecule has 0 radical (unpaired) electrons. The van der Waals surface area contributed by atoms with Gasteiger partial charge in [-0.15, -0.1) is 0 Å². The number of aromatic hydroxyl groups is 1. The Kier molecular flexibility index (Phi) is 3.33. The van der Waals surface area contributed by atoms with Crippen LogP contribution in [-0.4, -0.2) is 11.4 Å². The maximum Gasteiger partial charge on any atom is 0.152 e. The molecule has 0 heterocycles. The Morgan fingerprint density at radius 2 is 2.08 bits per heavy atom. The first kappa shape index (κ1) is 10.2. The SMILES string of the molecule is Cc1cc(I)c(C=O)c(I)c1O. The number of carbonyl (C=O) groups is 1. The number of hydrogen-bond donors (Lipinski definition) is 1. The minimum absolute atomic E-state index is 0.207. The maximum atomic E-state index is 10.6. The molecule has 0 aliphatic carbocycles. The van der Waals surface area contributed by atoms with Crippen molar-refractivity contribution < 1.29 is 9.90 Å². The molecular formula is C8H6I2O2. The number of aldehydes is 1. The molecule has 12 heavy (non-hydrogen) atoms. The second kappa shape index (κ2) is 3.91. The van der Waals surface area contributed by atoms with E-state index in [0.29, 0.717) is 9.13 Å². The Morgan fingerprint density at radius 3 is 2.58 bits per heavy atom. The van der Waals surface area contributed by atoms with Gasteiger partial charge in [-0.3, -0.25) is 4.79 Å². The van der Waals surface area contributed by atoms with Crippen LogP contribution in [-0.2, 0) is 0 Å². The summed E-state index contributed by atoms with van der Waals surface area (Å²) in [4.78, 5) is 10.6. The van der Waals surface area contributed by atoms with Gasteiger partial charge in [0.25, 0.3) is 0 Å². The Labute approximate surface area is 97.6 Å². The fourth-order valence-corrected chi connectivity index (χ4v) is 3.07. The van der Waals surface area contributed by atoms with Crippen molar-refractivity contribution in [3.63, 3.8) is 0 Å². The summed E-state index contributed by atoms with van der Waals surface area (Å²) in [5.74, 6) is 0.207. The molecule has 64 valence electrons. The van der Waals surface area contributed by atoms with Crippen LogP contribution in [0.15, 0.2) is 6.07 Å². The minimum atomic E-state index is 0.207. The van der Waals surface area contributed by atoms with Crippen molar-refractivity contribution >= 4 is 51.5 Å². The molecule has 0 aliphatic rings. The molecule has 1 aromatic carbocycles. The second-order valence-corrected chi connectivity index (χ2v) is 4.61. The molecule has 0 aromatic heterocycles. The van der Waals surface area contributed by atoms with Crippen molar-refractivity contribution in [2.24, 2.45) is 0 Å². The van der Waals surface area contributed by atoms with Crippen molar-refractivity contribution in [2.45, 2.75) is 6.92 Å². The van der Waals surface area contributed by atoms with Crippen LogP contribution >= 0.6 is 45.2 Å². The van der Waals surface area contributed by atoms with Gasteiger partial charge in [0, 0.05) is 9.13 Å².